The minimum absolute atomic E-state index is 0.0621. The Morgan fingerprint density at radius 3 is 2.51 bits per heavy atom. The molecule has 1 aliphatic rings. The molecular weight excluding hydrogens is 441 g/mol. The second-order valence-corrected chi connectivity index (χ2v) is 9.05. The van der Waals surface area contributed by atoms with Gasteiger partial charge in [-0.25, -0.2) is 4.39 Å². The second-order valence-electron chi connectivity index (χ2n) is 9.05. The van der Waals surface area contributed by atoms with Crippen molar-refractivity contribution in [2.45, 2.75) is 19.4 Å². The van der Waals surface area contributed by atoms with Gasteiger partial charge >= 0.3 is 0 Å². The summed E-state index contributed by atoms with van der Waals surface area (Å²) >= 11 is 0. The Balaban J connectivity index is 1.27. The van der Waals surface area contributed by atoms with Gasteiger partial charge < -0.3 is 19.5 Å². The molecule has 6 heteroatoms. The largest absolute Gasteiger partial charge is 0.378 e. The Kier molecular flexibility index (Phi) is 6.82. The van der Waals surface area contributed by atoms with Gasteiger partial charge in [0.1, 0.15) is 5.82 Å². The van der Waals surface area contributed by atoms with Crippen LogP contribution in [0.5, 0.6) is 0 Å². The zero-order valence-corrected chi connectivity index (χ0v) is 20.0. The van der Waals surface area contributed by atoms with E-state index in [1.54, 1.807) is 17.0 Å². The quantitative estimate of drug-likeness (QED) is 0.393. The molecule has 0 radical (unpaired) electrons. The maximum Gasteiger partial charge on any atom is 0.222 e. The fourth-order valence-corrected chi connectivity index (χ4v) is 4.75. The Morgan fingerprint density at radius 1 is 1.03 bits per heavy atom. The first kappa shape index (κ1) is 23.1. The molecule has 5 nitrogen and oxygen atoms in total. The number of aryl methyl sites for hydroxylation is 1. The van der Waals surface area contributed by atoms with E-state index in [9.17, 15) is 9.18 Å². The Hall–Kier alpha value is -3.64. The van der Waals surface area contributed by atoms with Crippen LogP contribution in [0.1, 0.15) is 17.5 Å². The van der Waals surface area contributed by atoms with E-state index in [0.717, 1.165) is 59.6 Å². The molecule has 2 heterocycles. The van der Waals surface area contributed by atoms with Gasteiger partial charge in [-0.05, 0) is 53.4 Å². The lowest BCUT2D eigenvalue weighted by Crippen LogP contribution is -2.36. The fourth-order valence-electron chi connectivity index (χ4n) is 4.75. The number of aromatic nitrogens is 1. The molecule has 0 saturated carbocycles. The van der Waals surface area contributed by atoms with Gasteiger partial charge in [-0.3, -0.25) is 4.79 Å². The maximum atomic E-state index is 14.0. The summed E-state index contributed by atoms with van der Waals surface area (Å²) in [7, 11) is 1.84. The first-order valence-corrected chi connectivity index (χ1v) is 12.1. The highest BCUT2D eigenvalue weighted by atomic mass is 19.1. The summed E-state index contributed by atoms with van der Waals surface area (Å²) in [5.41, 5.74) is 6.10. The van der Waals surface area contributed by atoms with Gasteiger partial charge in [0.2, 0.25) is 5.91 Å². The van der Waals surface area contributed by atoms with Crippen molar-refractivity contribution in [3.63, 3.8) is 0 Å². The number of nitrogens with zero attached hydrogens (tertiary/aromatic N) is 2. The SMILES string of the molecule is CN(Cc1ccc(N2CCOCC2)cc1)C(=O)CCc1c(-c2ccccc2)[nH]c2ccc(F)cc12. The average molecular weight is 472 g/mol. The summed E-state index contributed by atoms with van der Waals surface area (Å²) in [4.78, 5) is 20.5. The molecule has 1 saturated heterocycles. The van der Waals surface area contributed by atoms with Crippen molar-refractivity contribution >= 4 is 22.5 Å². The molecule has 1 aliphatic heterocycles. The third-order valence-corrected chi connectivity index (χ3v) is 6.68. The van der Waals surface area contributed by atoms with E-state index in [-0.39, 0.29) is 11.7 Å². The summed E-state index contributed by atoms with van der Waals surface area (Å²) in [6.07, 6.45) is 0.887. The molecule has 4 aromatic rings. The summed E-state index contributed by atoms with van der Waals surface area (Å²) in [5.74, 6) is -0.214. The number of hydrogen-bond donors (Lipinski definition) is 1. The van der Waals surface area contributed by atoms with Crippen LogP contribution < -0.4 is 4.90 Å². The molecule has 0 bridgehead atoms. The van der Waals surface area contributed by atoms with Crippen LogP contribution in [0.4, 0.5) is 10.1 Å². The van der Waals surface area contributed by atoms with Gasteiger partial charge in [0.15, 0.2) is 0 Å². The third kappa shape index (κ3) is 5.23. The van der Waals surface area contributed by atoms with E-state index in [2.05, 4.69) is 34.1 Å². The number of aromatic amines is 1. The van der Waals surface area contributed by atoms with Gasteiger partial charge in [-0.15, -0.1) is 0 Å². The molecule has 0 unspecified atom stereocenters. The van der Waals surface area contributed by atoms with Crippen molar-refractivity contribution in [1.82, 2.24) is 9.88 Å². The van der Waals surface area contributed by atoms with Gasteiger partial charge in [-0.1, -0.05) is 42.5 Å². The van der Waals surface area contributed by atoms with Crippen LogP contribution in [0.3, 0.4) is 0 Å². The Morgan fingerprint density at radius 2 is 1.77 bits per heavy atom. The Labute approximate surface area is 205 Å². The number of fused-ring (bicyclic) bond motifs is 1. The number of morpholine rings is 1. The number of carbonyl (C=O) groups is 1. The number of halogens is 1. The predicted octanol–water partition coefficient (Wildman–Crippen LogP) is 5.40. The zero-order valence-electron chi connectivity index (χ0n) is 20.0. The highest BCUT2D eigenvalue weighted by Crippen LogP contribution is 2.32. The van der Waals surface area contributed by atoms with Crippen LogP contribution in [0.25, 0.3) is 22.2 Å². The van der Waals surface area contributed by atoms with Gasteiger partial charge in [0.05, 0.1) is 13.2 Å². The zero-order chi connectivity index (χ0) is 24.2. The first-order valence-electron chi connectivity index (χ1n) is 12.1. The molecule has 5 rings (SSSR count). The van der Waals surface area contributed by atoms with Crippen molar-refractivity contribution < 1.29 is 13.9 Å². The number of ether oxygens (including phenoxy) is 1. The average Bonchev–Trinajstić information content (AvgIpc) is 3.26. The number of anilines is 1. The second kappa shape index (κ2) is 10.3. The number of nitrogens with one attached hydrogen (secondary N) is 1. The number of rotatable bonds is 7. The molecule has 3 aromatic carbocycles. The van der Waals surface area contributed by atoms with Crippen molar-refractivity contribution in [1.29, 1.82) is 0 Å². The van der Waals surface area contributed by atoms with E-state index in [1.807, 2.05) is 37.4 Å². The van der Waals surface area contributed by atoms with Gasteiger partial charge in [0.25, 0.3) is 0 Å². The van der Waals surface area contributed by atoms with Crippen molar-refractivity contribution in [2.24, 2.45) is 0 Å². The number of amides is 1. The normalized spacial score (nSPS) is 13.8. The fraction of sp³-hybridized carbons (Fsp3) is 0.276. The molecule has 1 amide bonds. The molecular formula is C29H30FN3O2. The lowest BCUT2D eigenvalue weighted by Gasteiger charge is -2.29. The third-order valence-electron chi connectivity index (χ3n) is 6.68. The molecule has 0 spiro atoms. The summed E-state index contributed by atoms with van der Waals surface area (Å²) in [5, 5.41) is 0.831. The number of hydrogen-bond acceptors (Lipinski definition) is 3. The van der Waals surface area contributed by atoms with E-state index in [4.69, 9.17) is 4.74 Å². The Bertz CT molecular complexity index is 1300. The monoisotopic (exact) mass is 471 g/mol. The molecule has 0 atom stereocenters. The lowest BCUT2D eigenvalue weighted by atomic mass is 10.0. The topological polar surface area (TPSA) is 48.6 Å². The number of H-pyrrole nitrogens is 1. The number of carbonyl (C=O) groups excluding carboxylic acids is 1. The first-order chi connectivity index (χ1) is 17.1. The van der Waals surface area contributed by atoms with Gasteiger partial charge in [-0.2, -0.15) is 0 Å². The molecule has 35 heavy (non-hydrogen) atoms. The molecule has 1 fully saturated rings. The minimum atomic E-state index is -0.277. The highest BCUT2D eigenvalue weighted by molar-refractivity contribution is 5.91. The van der Waals surface area contributed by atoms with E-state index >= 15 is 0 Å². The standard InChI is InChI=1S/C29H30FN3O2/c1-32(20-21-7-10-24(11-8-21)33-15-17-35-18-16-33)28(34)14-12-25-26-19-23(30)9-13-27(26)31-29(25)22-5-3-2-4-6-22/h2-11,13,19,31H,12,14-18,20H2,1H3. The van der Waals surface area contributed by atoms with Crippen LogP contribution in [-0.4, -0.2) is 49.1 Å². The van der Waals surface area contributed by atoms with Crippen molar-refractivity contribution in [2.75, 3.05) is 38.3 Å². The van der Waals surface area contributed by atoms with Crippen molar-refractivity contribution in [3.8, 4) is 11.3 Å². The smallest absolute Gasteiger partial charge is 0.222 e. The van der Waals surface area contributed by atoms with Crippen LogP contribution in [0.15, 0.2) is 72.8 Å². The van der Waals surface area contributed by atoms with Crippen molar-refractivity contribution in [3.05, 3.63) is 89.7 Å². The van der Waals surface area contributed by atoms with Crippen LogP contribution in [-0.2, 0) is 22.5 Å². The number of benzene rings is 3. The van der Waals surface area contributed by atoms with E-state index < -0.39 is 0 Å². The van der Waals surface area contributed by atoms with E-state index in [1.165, 1.54) is 11.8 Å². The molecule has 180 valence electrons. The lowest BCUT2D eigenvalue weighted by molar-refractivity contribution is -0.130. The summed E-state index contributed by atoms with van der Waals surface area (Å²) < 4.78 is 19.5. The molecule has 1 aromatic heterocycles. The maximum absolute atomic E-state index is 14.0. The van der Waals surface area contributed by atoms with Crippen LogP contribution in [0.2, 0.25) is 0 Å². The summed E-state index contributed by atoms with van der Waals surface area (Å²) in [6.45, 7) is 3.87. The minimum Gasteiger partial charge on any atom is -0.378 e. The van der Waals surface area contributed by atoms with E-state index in [0.29, 0.717) is 19.4 Å². The molecule has 1 N–H and O–H groups in total. The van der Waals surface area contributed by atoms with Crippen LogP contribution >= 0.6 is 0 Å². The molecule has 0 aliphatic carbocycles. The predicted molar refractivity (Wildman–Crippen MR) is 138 cm³/mol. The van der Waals surface area contributed by atoms with Gasteiger partial charge in [0, 0.05) is 55.4 Å². The van der Waals surface area contributed by atoms with Crippen LogP contribution in [0, 0.1) is 5.82 Å². The summed E-state index contributed by atoms with van der Waals surface area (Å²) in [6, 6.07) is 23.2. The highest BCUT2D eigenvalue weighted by Gasteiger charge is 2.17.